The topological polar surface area (TPSA) is 43.4 Å². The average molecular weight is 222 g/mol. The summed E-state index contributed by atoms with van der Waals surface area (Å²) in [6, 6.07) is 1.93. The van der Waals surface area contributed by atoms with Crippen molar-refractivity contribution in [1.29, 1.82) is 0 Å². The van der Waals surface area contributed by atoms with E-state index in [1.54, 1.807) is 6.20 Å². The number of anilines is 1. The van der Waals surface area contributed by atoms with E-state index in [0.29, 0.717) is 12.0 Å². The molecule has 4 nitrogen and oxygen atoms in total. The van der Waals surface area contributed by atoms with Crippen LogP contribution in [-0.2, 0) is 0 Å². The molecule has 1 aliphatic carbocycles. The van der Waals surface area contributed by atoms with Crippen LogP contribution in [0.25, 0.3) is 0 Å². The Labute approximate surface area is 96.0 Å². The molecule has 0 spiro atoms. The van der Waals surface area contributed by atoms with Gasteiger partial charge in [-0.15, -0.1) is 0 Å². The molecule has 0 bridgehead atoms. The average Bonchev–Trinajstić information content (AvgIpc) is 3.04. The molecule has 1 aromatic rings. The van der Waals surface area contributed by atoms with Crippen LogP contribution in [0.15, 0.2) is 12.3 Å². The van der Waals surface area contributed by atoms with Crippen molar-refractivity contribution < 1.29 is 9.47 Å². The van der Waals surface area contributed by atoms with Crippen molar-refractivity contribution in [2.24, 2.45) is 0 Å². The van der Waals surface area contributed by atoms with Crippen molar-refractivity contribution in [3.8, 4) is 11.6 Å². The molecule has 1 fully saturated rings. The maximum absolute atomic E-state index is 5.77. The van der Waals surface area contributed by atoms with Gasteiger partial charge in [0.2, 0.25) is 0 Å². The van der Waals surface area contributed by atoms with E-state index in [1.807, 2.05) is 27.0 Å². The molecule has 4 heteroatoms. The first-order valence-corrected chi connectivity index (χ1v) is 5.70. The van der Waals surface area contributed by atoms with Crippen LogP contribution in [-0.4, -0.2) is 24.2 Å². The van der Waals surface area contributed by atoms with Gasteiger partial charge in [0, 0.05) is 13.1 Å². The number of nitrogens with one attached hydrogen (secondary N) is 1. The predicted octanol–water partition coefficient (Wildman–Crippen LogP) is 2.45. The Kier molecular flexibility index (Phi) is 3.17. The Morgan fingerprint density at radius 3 is 2.75 bits per heavy atom. The summed E-state index contributed by atoms with van der Waals surface area (Å²) in [6.45, 7) is 3.96. The molecular weight excluding hydrogens is 204 g/mol. The van der Waals surface area contributed by atoms with Crippen LogP contribution in [0.1, 0.15) is 26.7 Å². The maximum atomic E-state index is 5.77. The number of pyridine rings is 1. The van der Waals surface area contributed by atoms with E-state index in [-0.39, 0.29) is 6.10 Å². The number of rotatable bonds is 5. The molecule has 0 atom stereocenters. The highest BCUT2D eigenvalue weighted by molar-refractivity contribution is 5.50. The number of hydrogen-bond acceptors (Lipinski definition) is 4. The molecule has 16 heavy (non-hydrogen) atoms. The Balaban J connectivity index is 2.19. The van der Waals surface area contributed by atoms with Gasteiger partial charge in [-0.1, -0.05) is 0 Å². The lowest BCUT2D eigenvalue weighted by molar-refractivity contribution is 0.208. The third kappa shape index (κ3) is 2.78. The van der Waals surface area contributed by atoms with Gasteiger partial charge in [0.15, 0.2) is 5.75 Å². The molecule has 0 amide bonds. The molecule has 0 saturated heterocycles. The lowest BCUT2D eigenvalue weighted by Crippen LogP contribution is -2.09. The number of aromatic nitrogens is 1. The van der Waals surface area contributed by atoms with Crippen LogP contribution < -0.4 is 14.8 Å². The molecule has 1 aromatic heterocycles. The largest absolute Gasteiger partial charge is 0.485 e. The second kappa shape index (κ2) is 4.60. The highest BCUT2D eigenvalue weighted by Gasteiger charge is 2.25. The maximum Gasteiger partial charge on any atom is 0.257 e. The van der Waals surface area contributed by atoms with E-state index in [1.165, 1.54) is 0 Å². The van der Waals surface area contributed by atoms with Gasteiger partial charge in [-0.25, -0.2) is 4.98 Å². The van der Waals surface area contributed by atoms with Gasteiger partial charge in [0.25, 0.3) is 5.88 Å². The van der Waals surface area contributed by atoms with E-state index in [4.69, 9.17) is 9.47 Å². The van der Waals surface area contributed by atoms with Crippen molar-refractivity contribution in [3.05, 3.63) is 12.3 Å². The van der Waals surface area contributed by atoms with Crippen LogP contribution in [0.3, 0.4) is 0 Å². The van der Waals surface area contributed by atoms with Crippen molar-refractivity contribution in [3.63, 3.8) is 0 Å². The summed E-state index contributed by atoms with van der Waals surface area (Å²) in [5.41, 5.74) is 0.937. The highest BCUT2D eigenvalue weighted by atomic mass is 16.5. The van der Waals surface area contributed by atoms with Gasteiger partial charge >= 0.3 is 0 Å². The highest BCUT2D eigenvalue weighted by Crippen LogP contribution is 2.34. The molecule has 1 saturated carbocycles. The zero-order chi connectivity index (χ0) is 11.5. The van der Waals surface area contributed by atoms with Crippen LogP contribution in [0.2, 0.25) is 0 Å². The SMILES string of the molecule is CNc1cnc(OC(C)C)c(OC2CC2)c1. The standard InChI is InChI=1S/C12H18N2O2/c1-8(2)15-12-11(16-10-4-5-10)6-9(13-3)7-14-12/h6-8,10,13H,4-5H2,1-3H3. The van der Waals surface area contributed by atoms with E-state index < -0.39 is 0 Å². The normalized spacial score (nSPS) is 15.0. The zero-order valence-corrected chi connectivity index (χ0v) is 9.99. The van der Waals surface area contributed by atoms with Crippen LogP contribution >= 0.6 is 0 Å². The van der Waals surface area contributed by atoms with E-state index in [9.17, 15) is 0 Å². The molecule has 1 N–H and O–H groups in total. The first-order valence-electron chi connectivity index (χ1n) is 5.70. The van der Waals surface area contributed by atoms with Gasteiger partial charge in [-0.2, -0.15) is 0 Å². The Morgan fingerprint density at radius 1 is 1.44 bits per heavy atom. The third-order valence-electron chi connectivity index (χ3n) is 2.27. The van der Waals surface area contributed by atoms with Crippen molar-refractivity contribution >= 4 is 5.69 Å². The molecule has 0 aromatic carbocycles. The van der Waals surface area contributed by atoms with Gasteiger partial charge in [-0.05, 0) is 26.7 Å². The molecule has 0 radical (unpaired) electrons. The van der Waals surface area contributed by atoms with Crippen LogP contribution in [0.5, 0.6) is 11.6 Å². The number of nitrogens with zero attached hydrogens (tertiary/aromatic N) is 1. The van der Waals surface area contributed by atoms with Gasteiger partial charge in [-0.3, -0.25) is 0 Å². The van der Waals surface area contributed by atoms with Gasteiger partial charge in [0.1, 0.15) is 0 Å². The molecule has 2 rings (SSSR count). The monoisotopic (exact) mass is 222 g/mol. The summed E-state index contributed by atoms with van der Waals surface area (Å²) >= 11 is 0. The van der Waals surface area contributed by atoms with Crippen LogP contribution in [0.4, 0.5) is 5.69 Å². The summed E-state index contributed by atoms with van der Waals surface area (Å²) in [5, 5.41) is 3.04. The smallest absolute Gasteiger partial charge is 0.257 e. The minimum absolute atomic E-state index is 0.106. The second-order valence-electron chi connectivity index (χ2n) is 4.26. The lowest BCUT2D eigenvalue weighted by atomic mass is 10.4. The summed E-state index contributed by atoms with van der Waals surface area (Å²) in [4.78, 5) is 4.26. The van der Waals surface area contributed by atoms with E-state index >= 15 is 0 Å². The number of ether oxygens (including phenoxy) is 2. The molecule has 1 aliphatic rings. The molecule has 0 aliphatic heterocycles. The van der Waals surface area contributed by atoms with E-state index in [2.05, 4.69) is 10.3 Å². The summed E-state index contributed by atoms with van der Waals surface area (Å²) in [5.74, 6) is 1.32. The third-order valence-corrected chi connectivity index (χ3v) is 2.27. The fraction of sp³-hybridized carbons (Fsp3) is 0.583. The minimum atomic E-state index is 0.106. The Morgan fingerprint density at radius 2 is 2.19 bits per heavy atom. The van der Waals surface area contributed by atoms with E-state index in [0.717, 1.165) is 24.3 Å². The van der Waals surface area contributed by atoms with Crippen LogP contribution in [0, 0.1) is 0 Å². The molecule has 1 heterocycles. The van der Waals surface area contributed by atoms with Crippen molar-refractivity contribution in [2.75, 3.05) is 12.4 Å². The zero-order valence-electron chi connectivity index (χ0n) is 9.99. The van der Waals surface area contributed by atoms with Crippen molar-refractivity contribution in [1.82, 2.24) is 4.98 Å². The fourth-order valence-corrected chi connectivity index (χ4v) is 1.33. The molecule has 0 unspecified atom stereocenters. The fourth-order valence-electron chi connectivity index (χ4n) is 1.33. The quantitative estimate of drug-likeness (QED) is 0.831. The molecule has 88 valence electrons. The first kappa shape index (κ1) is 11.0. The lowest BCUT2D eigenvalue weighted by Gasteiger charge is -2.14. The molecular formula is C12H18N2O2. The minimum Gasteiger partial charge on any atom is -0.485 e. The second-order valence-corrected chi connectivity index (χ2v) is 4.26. The summed E-state index contributed by atoms with van der Waals surface area (Å²) in [7, 11) is 1.86. The van der Waals surface area contributed by atoms with Gasteiger partial charge in [0.05, 0.1) is 24.1 Å². The first-order chi connectivity index (χ1) is 7.69. The number of hydrogen-bond donors (Lipinski definition) is 1. The summed E-state index contributed by atoms with van der Waals surface area (Å²) < 4.78 is 11.4. The van der Waals surface area contributed by atoms with Gasteiger partial charge < -0.3 is 14.8 Å². The Hall–Kier alpha value is -1.45. The summed E-state index contributed by atoms with van der Waals surface area (Å²) in [6.07, 6.45) is 4.46. The van der Waals surface area contributed by atoms with Crippen molar-refractivity contribution in [2.45, 2.75) is 38.9 Å². The Bertz CT molecular complexity index is 362. The predicted molar refractivity (Wildman–Crippen MR) is 63.2 cm³/mol.